The molecule has 2 aromatic rings. The van der Waals surface area contributed by atoms with Crippen LogP contribution in [0, 0.1) is 0 Å². The van der Waals surface area contributed by atoms with Gasteiger partial charge in [-0.2, -0.15) is 0 Å². The van der Waals surface area contributed by atoms with E-state index < -0.39 is 0 Å². The van der Waals surface area contributed by atoms with Crippen molar-refractivity contribution in [2.24, 2.45) is 0 Å². The van der Waals surface area contributed by atoms with Crippen molar-refractivity contribution < 1.29 is 4.74 Å². The van der Waals surface area contributed by atoms with Crippen molar-refractivity contribution in [2.75, 3.05) is 19.1 Å². The van der Waals surface area contributed by atoms with E-state index in [0.29, 0.717) is 6.04 Å². The van der Waals surface area contributed by atoms with Crippen molar-refractivity contribution >= 4 is 11.4 Å². The van der Waals surface area contributed by atoms with E-state index in [0.717, 1.165) is 23.7 Å². The van der Waals surface area contributed by atoms with Crippen molar-refractivity contribution in [1.29, 1.82) is 0 Å². The van der Waals surface area contributed by atoms with Gasteiger partial charge < -0.3 is 15.0 Å². The van der Waals surface area contributed by atoms with Crippen LogP contribution in [0.1, 0.15) is 19.4 Å². The molecule has 0 saturated carbocycles. The van der Waals surface area contributed by atoms with Crippen LogP contribution in [0.25, 0.3) is 0 Å². The number of rotatable bonds is 6. The summed E-state index contributed by atoms with van der Waals surface area (Å²) in [6.07, 6.45) is 0. The van der Waals surface area contributed by atoms with Crippen molar-refractivity contribution in [3.8, 4) is 5.75 Å². The lowest BCUT2D eigenvalue weighted by Gasteiger charge is -2.20. The average molecular weight is 284 g/mol. The van der Waals surface area contributed by atoms with Gasteiger partial charge in [-0.3, -0.25) is 0 Å². The van der Waals surface area contributed by atoms with Crippen LogP contribution in [-0.2, 0) is 6.54 Å². The molecule has 0 bridgehead atoms. The molecule has 0 aromatic heterocycles. The number of hydrogen-bond donors (Lipinski definition) is 1. The van der Waals surface area contributed by atoms with E-state index in [-0.39, 0.29) is 0 Å². The van der Waals surface area contributed by atoms with Crippen LogP contribution >= 0.6 is 0 Å². The Balaban J connectivity index is 2.10. The zero-order valence-corrected chi connectivity index (χ0v) is 13.3. The third-order valence-corrected chi connectivity index (χ3v) is 3.48. The van der Waals surface area contributed by atoms with Crippen LogP contribution < -0.4 is 15.0 Å². The number of benzene rings is 2. The minimum Gasteiger partial charge on any atom is -0.497 e. The van der Waals surface area contributed by atoms with Gasteiger partial charge in [0.05, 0.1) is 7.11 Å². The lowest BCUT2D eigenvalue weighted by atomic mass is 10.1. The Morgan fingerprint density at radius 2 is 1.76 bits per heavy atom. The predicted octanol–water partition coefficient (Wildman–Crippen LogP) is 3.96. The van der Waals surface area contributed by atoms with Crippen molar-refractivity contribution in [3.63, 3.8) is 0 Å². The van der Waals surface area contributed by atoms with Gasteiger partial charge in [-0.25, -0.2) is 0 Å². The van der Waals surface area contributed by atoms with E-state index in [9.17, 15) is 0 Å². The summed E-state index contributed by atoms with van der Waals surface area (Å²) in [5.74, 6) is 0.872. The molecule has 0 spiro atoms. The lowest BCUT2D eigenvalue weighted by Crippen LogP contribution is -2.21. The Bertz CT molecular complexity index is 564. The molecular weight excluding hydrogens is 260 g/mol. The topological polar surface area (TPSA) is 24.5 Å². The highest BCUT2D eigenvalue weighted by molar-refractivity contribution is 5.64. The summed E-state index contributed by atoms with van der Waals surface area (Å²) in [6, 6.07) is 17.2. The molecule has 0 fully saturated rings. The number of ether oxygens (including phenoxy) is 1. The Hall–Kier alpha value is -2.00. The van der Waals surface area contributed by atoms with Crippen LogP contribution in [0.4, 0.5) is 11.4 Å². The fourth-order valence-electron chi connectivity index (χ4n) is 2.13. The van der Waals surface area contributed by atoms with Crippen LogP contribution in [0.3, 0.4) is 0 Å². The van der Waals surface area contributed by atoms with Crippen LogP contribution in [0.2, 0.25) is 0 Å². The van der Waals surface area contributed by atoms with Gasteiger partial charge in [0.1, 0.15) is 5.75 Å². The molecule has 3 heteroatoms. The van der Waals surface area contributed by atoms with E-state index in [4.69, 9.17) is 4.74 Å². The Morgan fingerprint density at radius 1 is 1.05 bits per heavy atom. The number of nitrogens with one attached hydrogen (secondary N) is 1. The normalized spacial score (nSPS) is 10.7. The van der Waals surface area contributed by atoms with Crippen LogP contribution in [0.5, 0.6) is 5.75 Å². The Labute approximate surface area is 127 Å². The van der Waals surface area contributed by atoms with E-state index in [1.165, 1.54) is 5.56 Å². The maximum atomic E-state index is 5.28. The summed E-state index contributed by atoms with van der Waals surface area (Å²) in [7, 11) is 3.76. The van der Waals surface area contributed by atoms with Crippen LogP contribution in [0.15, 0.2) is 48.5 Å². The third kappa shape index (κ3) is 4.23. The van der Waals surface area contributed by atoms with E-state index in [2.05, 4.69) is 61.4 Å². The second-order valence-corrected chi connectivity index (χ2v) is 5.46. The molecule has 2 rings (SSSR count). The molecule has 3 nitrogen and oxygen atoms in total. The maximum Gasteiger partial charge on any atom is 0.120 e. The molecule has 0 atom stereocenters. The van der Waals surface area contributed by atoms with Gasteiger partial charge in [0.25, 0.3) is 0 Å². The molecule has 0 aliphatic carbocycles. The first-order valence-electron chi connectivity index (χ1n) is 7.30. The van der Waals surface area contributed by atoms with E-state index >= 15 is 0 Å². The summed E-state index contributed by atoms with van der Waals surface area (Å²) in [5, 5.41) is 3.43. The van der Waals surface area contributed by atoms with Gasteiger partial charge in [0, 0.05) is 37.1 Å². The molecule has 0 heterocycles. The molecule has 2 aromatic carbocycles. The largest absolute Gasteiger partial charge is 0.497 e. The van der Waals surface area contributed by atoms with Gasteiger partial charge in [0.2, 0.25) is 0 Å². The highest BCUT2D eigenvalue weighted by Gasteiger charge is 2.05. The third-order valence-electron chi connectivity index (χ3n) is 3.48. The average Bonchev–Trinajstić information content (AvgIpc) is 2.52. The van der Waals surface area contributed by atoms with Gasteiger partial charge >= 0.3 is 0 Å². The Morgan fingerprint density at radius 3 is 2.38 bits per heavy atom. The van der Waals surface area contributed by atoms with Crippen molar-refractivity contribution in [1.82, 2.24) is 5.32 Å². The van der Waals surface area contributed by atoms with Crippen molar-refractivity contribution in [2.45, 2.75) is 26.4 Å². The van der Waals surface area contributed by atoms with Gasteiger partial charge in [0.15, 0.2) is 0 Å². The van der Waals surface area contributed by atoms with Gasteiger partial charge in [-0.15, -0.1) is 0 Å². The molecular formula is C18H24N2O. The molecule has 0 aliphatic heterocycles. The molecule has 1 N–H and O–H groups in total. The zero-order chi connectivity index (χ0) is 15.2. The second-order valence-electron chi connectivity index (χ2n) is 5.46. The monoisotopic (exact) mass is 284 g/mol. The standard InChI is InChI=1S/C18H24N2O/c1-14(2)19-13-15-8-10-16(11-9-15)20(3)17-6-5-7-18(12-17)21-4/h5-12,14,19H,13H2,1-4H3. The number of hydrogen-bond acceptors (Lipinski definition) is 3. The minimum absolute atomic E-state index is 0.504. The number of methoxy groups -OCH3 is 1. The summed E-state index contributed by atoms with van der Waals surface area (Å²) in [5.41, 5.74) is 3.57. The highest BCUT2D eigenvalue weighted by Crippen LogP contribution is 2.26. The minimum atomic E-state index is 0.504. The summed E-state index contributed by atoms with van der Waals surface area (Å²) < 4.78 is 5.28. The Kier molecular flexibility index (Phi) is 5.23. The zero-order valence-electron chi connectivity index (χ0n) is 13.3. The molecule has 0 radical (unpaired) electrons. The van der Waals surface area contributed by atoms with Gasteiger partial charge in [-0.1, -0.05) is 32.0 Å². The first-order valence-corrected chi connectivity index (χ1v) is 7.30. The molecule has 0 saturated heterocycles. The van der Waals surface area contributed by atoms with E-state index in [1.54, 1.807) is 7.11 Å². The fraction of sp³-hybridized carbons (Fsp3) is 0.333. The van der Waals surface area contributed by atoms with Crippen molar-refractivity contribution in [3.05, 3.63) is 54.1 Å². The fourth-order valence-corrected chi connectivity index (χ4v) is 2.13. The molecule has 21 heavy (non-hydrogen) atoms. The van der Waals surface area contributed by atoms with Crippen LogP contribution in [-0.4, -0.2) is 20.2 Å². The summed E-state index contributed by atoms with van der Waals surface area (Å²) >= 11 is 0. The molecule has 0 amide bonds. The summed E-state index contributed by atoms with van der Waals surface area (Å²) in [4.78, 5) is 2.15. The SMILES string of the molecule is COc1cccc(N(C)c2ccc(CNC(C)C)cc2)c1. The second kappa shape index (κ2) is 7.14. The smallest absolute Gasteiger partial charge is 0.120 e. The lowest BCUT2D eigenvalue weighted by molar-refractivity contribution is 0.415. The molecule has 112 valence electrons. The quantitative estimate of drug-likeness (QED) is 0.869. The molecule has 0 unspecified atom stereocenters. The summed E-state index contributed by atoms with van der Waals surface area (Å²) in [6.45, 7) is 5.22. The highest BCUT2D eigenvalue weighted by atomic mass is 16.5. The number of anilines is 2. The predicted molar refractivity (Wildman–Crippen MR) is 89.5 cm³/mol. The van der Waals surface area contributed by atoms with E-state index in [1.807, 2.05) is 18.2 Å². The molecule has 0 aliphatic rings. The maximum absolute atomic E-state index is 5.28. The van der Waals surface area contributed by atoms with Gasteiger partial charge in [-0.05, 0) is 29.8 Å². The first-order chi connectivity index (χ1) is 10.1. The first kappa shape index (κ1) is 15.4. The number of nitrogens with zero attached hydrogens (tertiary/aromatic N) is 1.